The predicted octanol–water partition coefficient (Wildman–Crippen LogP) is 1.64. The lowest BCUT2D eigenvalue weighted by Crippen LogP contribution is -2.25. The Labute approximate surface area is 94.2 Å². The van der Waals surface area contributed by atoms with Gasteiger partial charge in [0.15, 0.2) is 0 Å². The van der Waals surface area contributed by atoms with Crippen LogP contribution in [0.3, 0.4) is 0 Å². The molecule has 15 heavy (non-hydrogen) atoms. The highest BCUT2D eigenvalue weighted by Crippen LogP contribution is 2.21. The summed E-state index contributed by atoms with van der Waals surface area (Å²) in [6, 6.07) is 0.214. The van der Waals surface area contributed by atoms with E-state index in [-0.39, 0.29) is 10.8 Å². The van der Waals surface area contributed by atoms with Crippen molar-refractivity contribution in [2.75, 3.05) is 18.1 Å². The molecule has 1 aromatic rings. The van der Waals surface area contributed by atoms with Crippen molar-refractivity contribution in [2.45, 2.75) is 31.6 Å². The molecule has 1 atom stereocenters. The molecule has 0 radical (unpaired) electrons. The van der Waals surface area contributed by atoms with Gasteiger partial charge in [-0.2, -0.15) is 11.8 Å². The Morgan fingerprint density at radius 2 is 2.20 bits per heavy atom. The van der Waals surface area contributed by atoms with Gasteiger partial charge in [-0.25, -0.2) is 0 Å². The van der Waals surface area contributed by atoms with Crippen LogP contribution in [-0.4, -0.2) is 27.7 Å². The van der Waals surface area contributed by atoms with Crippen LogP contribution in [0.4, 0.5) is 6.01 Å². The lowest BCUT2D eigenvalue weighted by molar-refractivity contribution is 0.471. The SMILES string of the molecule is CSC(C)(C)CNc1nnc(C(C)N)o1. The molecule has 1 aromatic heterocycles. The maximum absolute atomic E-state index is 5.61. The lowest BCUT2D eigenvalue weighted by Gasteiger charge is -2.21. The van der Waals surface area contributed by atoms with Gasteiger partial charge in [-0.1, -0.05) is 5.10 Å². The fourth-order valence-corrected chi connectivity index (χ4v) is 1.07. The van der Waals surface area contributed by atoms with E-state index in [0.29, 0.717) is 11.9 Å². The Hall–Kier alpha value is -0.750. The predicted molar refractivity (Wildman–Crippen MR) is 63.0 cm³/mol. The molecule has 0 bridgehead atoms. The van der Waals surface area contributed by atoms with E-state index in [4.69, 9.17) is 10.2 Å². The first-order valence-electron chi connectivity index (χ1n) is 4.82. The third-order valence-corrected chi connectivity index (χ3v) is 3.30. The maximum atomic E-state index is 5.61. The summed E-state index contributed by atoms with van der Waals surface area (Å²) in [5.74, 6) is 0.458. The van der Waals surface area contributed by atoms with Gasteiger partial charge in [-0.3, -0.25) is 0 Å². The minimum absolute atomic E-state index is 0.142. The van der Waals surface area contributed by atoms with Gasteiger partial charge in [0.25, 0.3) is 0 Å². The Morgan fingerprint density at radius 3 is 2.67 bits per heavy atom. The number of rotatable bonds is 5. The number of nitrogens with one attached hydrogen (secondary N) is 1. The summed E-state index contributed by atoms with van der Waals surface area (Å²) >= 11 is 1.78. The van der Waals surface area contributed by atoms with Crippen molar-refractivity contribution in [1.29, 1.82) is 0 Å². The molecule has 3 N–H and O–H groups in total. The molecule has 0 aliphatic rings. The van der Waals surface area contributed by atoms with E-state index in [2.05, 4.69) is 35.6 Å². The van der Waals surface area contributed by atoms with Gasteiger partial charge in [-0.05, 0) is 27.0 Å². The van der Waals surface area contributed by atoms with Crippen LogP contribution in [0, 0.1) is 0 Å². The minimum Gasteiger partial charge on any atom is -0.406 e. The molecule has 0 saturated carbocycles. The second kappa shape index (κ2) is 4.85. The molecular weight excluding hydrogens is 212 g/mol. The second-order valence-corrected chi connectivity index (χ2v) is 5.56. The highest BCUT2D eigenvalue weighted by atomic mass is 32.2. The van der Waals surface area contributed by atoms with E-state index >= 15 is 0 Å². The third-order valence-electron chi connectivity index (χ3n) is 2.05. The molecule has 5 nitrogen and oxygen atoms in total. The second-order valence-electron chi connectivity index (χ2n) is 4.05. The normalized spacial score (nSPS) is 13.9. The maximum Gasteiger partial charge on any atom is 0.315 e. The Bertz CT molecular complexity index is 311. The van der Waals surface area contributed by atoms with E-state index in [9.17, 15) is 0 Å². The summed E-state index contributed by atoms with van der Waals surface area (Å²) in [4.78, 5) is 0. The number of nitrogens with zero attached hydrogens (tertiary/aromatic N) is 2. The summed E-state index contributed by atoms with van der Waals surface area (Å²) < 4.78 is 5.46. The van der Waals surface area contributed by atoms with Crippen molar-refractivity contribution in [1.82, 2.24) is 10.2 Å². The zero-order valence-corrected chi connectivity index (χ0v) is 10.4. The van der Waals surface area contributed by atoms with Crippen molar-refractivity contribution in [3.8, 4) is 0 Å². The lowest BCUT2D eigenvalue weighted by atomic mass is 10.2. The first-order chi connectivity index (χ1) is 6.94. The van der Waals surface area contributed by atoms with Crippen LogP contribution >= 0.6 is 11.8 Å². The van der Waals surface area contributed by atoms with Crippen LogP contribution in [0.25, 0.3) is 0 Å². The van der Waals surface area contributed by atoms with Gasteiger partial charge >= 0.3 is 6.01 Å². The number of anilines is 1. The van der Waals surface area contributed by atoms with Gasteiger partial charge in [0, 0.05) is 11.3 Å². The molecule has 0 aliphatic carbocycles. The van der Waals surface area contributed by atoms with Crippen molar-refractivity contribution < 1.29 is 4.42 Å². The number of thioether (sulfide) groups is 1. The zero-order valence-electron chi connectivity index (χ0n) is 9.57. The smallest absolute Gasteiger partial charge is 0.315 e. The van der Waals surface area contributed by atoms with Crippen LogP contribution in [0.1, 0.15) is 32.7 Å². The van der Waals surface area contributed by atoms with E-state index in [0.717, 1.165) is 6.54 Å². The highest BCUT2D eigenvalue weighted by molar-refractivity contribution is 7.99. The summed E-state index contributed by atoms with van der Waals surface area (Å²) in [7, 11) is 0. The Kier molecular flexibility index (Phi) is 3.98. The molecule has 0 saturated heterocycles. The molecular formula is C9H18N4OS. The molecule has 0 spiro atoms. The van der Waals surface area contributed by atoms with E-state index in [1.807, 2.05) is 6.92 Å². The summed E-state index contributed by atoms with van der Waals surface area (Å²) in [6.07, 6.45) is 2.07. The average Bonchev–Trinajstić information content (AvgIpc) is 2.63. The molecule has 0 fully saturated rings. The fraction of sp³-hybridized carbons (Fsp3) is 0.778. The van der Waals surface area contributed by atoms with E-state index < -0.39 is 0 Å². The largest absolute Gasteiger partial charge is 0.406 e. The van der Waals surface area contributed by atoms with Crippen molar-refractivity contribution in [2.24, 2.45) is 5.73 Å². The fourth-order valence-electron chi connectivity index (χ4n) is 0.851. The molecule has 0 aliphatic heterocycles. The number of hydrogen-bond donors (Lipinski definition) is 2. The van der Waals surface area contributed by atoms with Crippen molar-refractivity contribution in [3.05, 3.63) is 5.89 Å². The monoisotopic (exact) mass is 230 g/mol. The van der Waals surface area contributed by atoms with Crippen LogP contribution < -0.4 is 11.1 Å². The highest BCUT2D eigenvalue weighted by Gasteiger charge is 2.17. The summed E-state index contributed by atoms with van der Waals surface area (Å²) in [6.45, 7) is 6.87. The third kappa shape index (κ3) is 3.71. The number of hydrogen-bond acceptors (Lipinski definition) is 6. The molecule has 6 heteroatoms. The van der Waals surface area contributed by atoms with Gasteiger partial charge in [0.2, 0.25) is 5.89 Å². The van der Waals surface area contributed by atoms with Gasteiger partial charge in [0.1, 0.15) is 0 Å². The van der Waals surface area contributed by atoms with Crippen LogP contribution in [0.5, 0.6) is 0 Å². The van der Waals surface area contributed by atoms with Crippen molar-refractivity contribution in [3.63, 3.8) is 0 Å². The van der Waals surface area contributed by atoms with Gasteiger partial charge in [0.05, 0.1) is 6.04 Å². The molecule has 1 unspecified atom stereocenters. The molecule has 0 aromatic carbocycles. The number of aromatic nitrogens is 2. The first-order valence-corrected chi connectivity index (χ1v) is 6.05. The average molecular weight is 230 g/mol. The molecule has 1 heterocycles. The van der Waals surface area contributed by atoms with E-state index in [1.165, 1.54) is 0 Å². The standard InChI is InChI=1S/C9H18N4OS/c1-6(10)7-12-13-8(14-7)11-5-9(2,3)15-4/h6H,5,10H2,1-4H3,(H,11,13). The first kappa shape index (κ1) is 12.3. The summed E-state index contributed by atoms with van der Waals surface area (Å²) in [5, 5.41) is 10.8. The van der Waals surface area contributed by atoms with Crippen molar-refractivity contribution >= 4 is 17.8 Å². The molecule has 0 amide bonds. The quantitative estimate of drug-likeness (QED) is 0.800. The molecule has 1 rings (SSSR count). The zero-order chi connectivity index (χ0) is 11.5. The number of nitrogens with two attached hydrogens (primary N) is 1. The van der Waals surface area contributed by atoms with Crippen LogP contribution in [-0.2, 0) is 0 Å². The van der Waals surface area contributed by atoms with Gasteiger partial charge < -0.3 is 15.5 Å². The van der Waals surface area contributed by atoms with Crippen LogP contribution in [0.2, 0.25) is 0 Å². The summed E-state index contributed by atoms with van der Waals surface area (Å²) in [5.41, 5.74) is 5.61. The van der Waals surface area contributed by atoms with Crippen LogP contribution in [0.15, 0.2) is 4.42 Å². The van der Waals surface area contributed by atoms with Gasteiger partial charge in [-0.15, -0.1) is 5.10 Å². The molecule has 86 valence electrons. The van der Waals surface area contributed by atoms with E-state index in [1.54, 1.807) is 11.8 Å². The Morgan fingerprint density at radius 1 is 1.53 bits per heavy atom. The Balaban J connectivity index is 2.51. The topological polar surface area (TPSA) is 77.0 Å². The minimum atomic E-state index is -0.221.